The number of hydrogen-bond acceptors (Lipinski definition) is 4. The summed E-state index contributed by atoms with van der Waals surface area (Å²) in [6.45, 7) is 0. The number of pyridine rings is 1. The van der Waals surface area contributed by atoms with Crippen LogP contribution in [0.4, 0.5) is 10.1 Å². The standard InChI is InChI=1S/C26H20ClFN2O2S/c1-32-25-18(6-5-7-23(25)28)20-15-17(33-2)10-11-19(20)26(31)30-16-9-12-22(27)21(14-16)24-8-3-4-13-29-24/h3-15H,1-2H3,(H,30,31). The summed E-state index contributed by atoms with van der Waals surface area (Å²) in [5.41, 5.74) is 3.45. The van der Waals surface area contributed by atoms with Crippen LogP contribution in [0.15, 0.2) is 83.9 Å². The number of thioether (sulfide) groups is 1. The Morgan fingerprint density at radius 3 is 2.58 bits per heavy atom. The van der Waals surface area contributed by atoms with Gasteiger partial charge in [-0.2, -0.15) is 0 Å². The maximum atomic E-state index is 14.4. The van der Waals surface area contributed by atoms with E-state index in [2.05, 4.69) is 10.3 Å². The number of carbonyl (C=O) groups excluding carboxylic acids is 1. The molecule has 0 saturated heterocycles. The van der Waals surface area contributed by atoms with Crippen LogP contribution in [0, 0.1) is 5.82 Å². The van der Waals surface area contributed by atoms with Gasteiger partial charge in [-0.25, -0.2) is 4.39 Å². The zero-order valence-corrected chi connectivity index (χ0v) is 19.5. The monoisotopic (exact) mass is 478 g/mol. The van der Waals surface area contributed by atoms with Crippen molar-refractivity contribution in [2.45, 2.75) is 4.90 Å². The summed E-state index contributed by atoms with van der Waals surface area (Å²) in [5.74, 6) is -0.736. The highest BCUT2D eigenvalue weighted by molar-refractivity contribution is 7.98. The minimum atomic E-state index is -0.492. The van der Waals surface area contributed by atoms with Crippen molar-refractivity contribution in [2.75, 3.05) is 18.7 Å². The van der Waals surface area contributed by atoms with Gasteiger partial charge in [-0.3, -0.25) is 9.78 Å². The lowest BCUT2D eigenvalue weighted by Crippen LogP contribution is -2.13. The van der Waals surface area contributed by atoms with E-state index in [1.165, 1.54) is 24.9 Å². The van der Waals surface area contributed by atoms with Gasteiger partial charge in [0.05, 0.1) is 17.8 Å². The molecule has 0 radical (unpaired) electrons. The molecule has 3 aromatic carbocycles. The fourth-order valence-electron chi connectivity index (χ4n) is 3.52. The van der Waals surface area contributed by atoms with E-state index in [0.717, 1.165) is 4.90 Å². The summed E-state index contributed by atoms with van der Waals surface area (Å²) in [7, 11) is 1.41. The van der Waals surface area contributed by atoms with Crippen LogP contribution in [0.1, 0.15) is 10.4 Å². The van der Waals surface area contributed by atoms with Crippen LogP contribution >= 0.6 is 23.4 Å². The van der Waals surface area contributed by atoms with E-state index in [0.29, 0.717) is 38.7 Å². The molecule has 1 heterocycles. The molecule has 33 heavy (non-hydrogen) atoms. The summed E-state index contributed by atoms with van der Waals surface area (Å²) >= 11 is 7.90. The summed E-state index contributed by atoms with van der Waals surface area (Å²) < 4.78 is 19.7. The lowest BCUT2D eigenvalue weighted by molar-refractivity contribution is 0.102. The minimum Gasteiger partial charge on any atom is -0.493 e. The van der Waals surface area contributed by atoms with Gasteiger partial charge in [0.2, 0.25) is 0 Å². The van der Waals surface area contributed by atoms with Crippen molar-refractivity contribution >= 4 is 35.0 Å². The number of aromatic nitrogens is 1. The van der Waals surface area contributed by atoms with E-state index < -0.39 is 5.82 Å². The van der Waals surface area contributed by atoms with Crippen molar-refractivity contribution < 1.29 is 13.9 Å². The Bertz CT molecular complexity index is 1320. The fourth-order valence-corrected chi connectivity index (χ4v) is 4.17. The molecule has 1 aromatic heterocycles. The molecule has 0 bridgehead atoms. The van der Waals surface area contributed by atoms with E-state index in [1.807, 2.05) is 36.6 Å². The number of anilines is 1. The lowest BCUT2D eigenvalue weighted by atomic mass is 9.98. The number of carbonyl (C=O) groups is 1. The van der Waals surface area contributed by atoms with Gasteiger partial charge >= 0.3 is 0 Å². The molecule has 0 aliphatic carbocycles. The van der Waals surface area contributed by atoms with Crippen LogP contribution in [0.5, 0.6) is 5.75 Å². The highest BCUT2D eigenvalue weighted by atomic mass is 35.5. The quantitative estimate of drug-likeness (QED) is 0.298. The normalized spacial score (nSPS) is 10.7. The molecule has 0 saturated carbocycles. The molecule has 4 rings (SSSR count). The van der Waals surface area contributed by atoms with E-state index >= 15 is 0 Å². The van der Waals surface area contributed by atoms with Gasteiger partial charge in [0.25, 0.3) is 5.91 Å². The van der Waals surface area contributed by atoms with Crippen molar-refractivity contribution in [1.29, 1.82) is 0 Å². The second-order valence-corrected chi connectivity index (χ2v) is 8.38. The largest absolute Gasteiger partial charge is 0.493 e. The van der Waals surface area contributed by atoms with Gasteiger partial charge in [-0.15, -0.1) is 11.8 Å². The van der Waals surface area contributed by atoms with Crippen molar-refractivity contribution in [2.24, 2.45) is 0 Å². The van der Waals surface area contributed by atoms with Crippen LogP contribution in [0.25, 0.3) is 22.4 Å². The molecule has 7 heteroatoms. The number of halogens is 2. The molecule has 0 spiro atoms. The molecule has 1 amide bonds. The van der Waals surface area contributed by atoms with E-state index in [4.69, 9.17) is 16.3 Å². The summed E-state index contributed by atoms with van der Waals surface area (Å²) in [4.78, 5) is 18.6. The van der Waals surface area contributed by atoms with E-state index in [9.17, 15) is 9.18 Å². The summed E-state index contributed by atoms with van der Waals surface area (Å²) in [6.07, 6.45) is 3.62. The number of amides is 1. The van der Waals surface area contributed by atoms with Crippen LogP contribution in [0.2, 0.25) is 5.02 Å². The zero-order chi connectivity index (χ0) is 23.4. The predicted molar refractivity (Wildman–Crippen MR) is 133 cm³/mol. The molecule has 1 N–H and O–H groups in total. The van der Waals surface area contributed by atoms with Crippen molar-refractivity contribution in [3.8, 4) is 28.1 Å². The Balaban J connectivity index is 1.74. The fraction of sp³-hybridized carbons (Fsp3) is 0.0769. The molecule has 4 nitrogen and oxygen atoms in total. The molecule has 0 unspecified atom stereocenters. The average molecular weight is 479 g/mol. The average Bonchev–Trinajstić information content (AvgIpc) is 2.85. The highest BCUT2D eigenvalue weighted by Crippen LogP contribution is 2.37. The first-order valence-electron chi connectivity index (χ1n) is 10.0. The number of rotatable bonds is 6. The van der Waals surface area contributed by atoms with Gasteiger partial charge in [0.1, 0.15) is 0 Å². The Labute approximate surface area is 200 Å². The Kier molecular flexibility index (Phi) is 6.96. The molecular weight excluding hydrogens is 459 g/mol. The topological polar surface area (TPSA) is 51.2 Å². The number of methoxy groups -OCH3 is 1. The Morgan fingerprint density at radius 2 is 1.85 bits per heavy atom. The molecular formula is C26H20ClFN2O2S. The predicted octanol–water partition coefficient (Wildman–Crippen LogP) is 7.19. The third-order valence-electron chi connectivity index (χ3n) is 5.10. The second kappa shape index (κ2) is 10.1. The number of hydrogen-bond donors (Lipinski definition) is 1. The smallest absolute Gasteiger partial charge is 0.256 e. The maximum Gasteiger partial charge on any atom is 0.256 e. The van der Waals surface area contributed by atoms with Crippen LogP contribution in [-0.4, -0.2) is 24.3 Å². The van der Waals surface area contributed by atoms with Crippen LogP contribution < -0.4 is 10.1 Å². The van der Waals surface area contributed by atoms with Crippen molar-refractivity contribution in [1.82, 2.24) is 4.98 Å². The summed E-state index contributed by atoms with van der Waals surface area (Å²) in [6, 6.07) is 20.9. The first-order valence-corrected chi connectivity index (χ1v) is 11.7. The summed E-state index contributed by atoms with van der Waals surface area (Å²) in [5, 5.41) is 3.46. The molecule has 0 fully saturated rings. The van der Waals surface area contributed by atoms with Crippen molar-refractivity contribution in [3.05, 3.63) is 95.4 Å². The highest BCUT2D eigenvalue weighted by Gasteiger charge is 2.19. The second-order valence-electron chi connectivity index (χ2n) is 7.10. The van der Waals surface area contributed by atoms with Gasteiger partial charge < -0.3 is 10.1 Å². The first-order chi connectivity index (χ1) is 16.0. The molecule has 0 aliphatic heterocycles. The zero-order valence-electron chi connectivity index (χ0n) is 17.9. The Morgan fingerprint density at radius 1 is 1.00 bits per heavy atom. The third-order valence-corrected chi connectivity index (χ3v) is 6.15. The number of nitrogens with zero attached hydrogens (tertiary/aromatic N) is 1. The first kappa shape index (κ1) is 22.8. The molecule has 166 valence electrons. The number of nitrogens with one attached hydrogen (secondary N) is 1. The molecule has 4 aromatic rings. The number of para-hydroxylation sites is 1. The van der Waals surface area contributed by atoms with Crippen LogP contribution in [0.3, 0.4) is 0 Å². The van der Waals surface area contributed by atoms with Crippen molar-refractivity contribution in [3.63, 3.8) is 0 Å². The van der Waals surface area contributed by atoms with Gasteiger partial charge in [-0.1, -0.05) is 29.8 Å². The van der Waals surface area contributed by atoms with Gasteiger partial charge in [-0.05, 0) is 66.4 Å². The third kappa shape index (κ3) is 4.87. The molecule has 0 atom stereocenters. The van der Waals surface area contributed by atoms with Gasteiger partial charge in [0.15, 0.2) is 11.6 Å². The van der Waals surface area contributed by atoms with E-state index in [1.54, 1.807) is 42.6 Å². The SMILES string of the molecule is COc1c(F)cccc1-c1cc(SC)ccc1C(=O)Nc1ccc(Cl)c(-c2ccccn2)c1. The number of ether oxygens (including phenoxy) is 1. The maximum absolute atomic E-state index is 14.4. The van der Waals surface area contributed by atoms with E-state index in [-0.39, 0.29) is 11.7 Å². The van der Waals surface area contributed by atoms with Crippen LogP contribution in [-0.2, 0) is 0 Å². The lowest BCUT2D eigenvalue weighted by Gasteiger charge is -2.15. The number of benzene rings is 3. The Hall–Kier alpha value is -3.35. The molecule has 0 aliphatic rings. The van der Waals surface area contributed by atoms with Gasteiger partial charge in [0, 0.05) is 33.5 Å². The minimum absolute atomic E-state index is 0.0914.